The van der Waals surface area contributed by atoms with Gasteiger partial charge in [0, 0.05) is 5.02 Å². The van der Waals surface area contributed by atoms with Crippen molar-refractivity contribution >= 4 is 61.5 Å². The Balaban J connectivity index is 2.28. The first kappa shape index (κ1) is 11.9. The summed E-state index contributed by atoms with van der Waals surface area (Å²) in [4.78, 5) is 0.259. The summed E-state index contributed by atoms with van der Waals surface area (Å²) in [6.07, 6.45) is 0. The first-order valence-corrected chi connectivity index (χ1v) is 7.55. The fraction of sp³-hybridized carbons (Fsp3) is 0.0909. The van der Waals surface area contributed by atoms with Gasteiger partial charge in [-0.15, -0.1) is 11.3 Å². The van der Waals surface area contributed by atoms with E-state index < -0.39 is 0 Å². The van der Waals surface area contributed by atoms with E-state index in [0.717, 1.165) is 5.02 Å². The van der Waals surface area contributed by atoms with Crippen LogP contribution in [0.15, 0.2) is 35.7 Å². The lowest BCUT2D eigenvalue weighted by Gasteiger charge is -2.07. The minimum atomic E-state index is 0.259. The standard InChI is InChI=1S/C11H7BrClIS/c12-11(8-5-10(14)15-6-8)7-1-3-9(13)4-2-7/h1-6,11H. The van der Waals surface area contributed by atoms with Crippen molar-refractivity contribution in [2.75, 3.05) is 0 Å². The number of thiophene rings is 1. The normalized spacial score (nSPS) is 12.7. The summed E-state index contributed by atoms with van der Waals surface area (Å²) < 4.78 is 1.31. The number of alkyl halides is 1. The van der Waals surface area contributed by atoms with Crippen molar-refractivity contribution < 1.29 is 0 Å². The van der Waals surface area contributed by atoms with E-state index in [9.17, 15) is 0 Å². The molecule has 0 aliphatic rings. The number of hydrogen-bond donors (Lipinski definition) is 0. The molecule has 0 saturated heterocycles. The van der Waals surface area contributed by atoms with Crippen molar-refractivity contribution in [1.29, 1.82) is 0 Å². The van der Waals surface area contributed by atoms with E-state index in [-0.39, 0.29) is 4.83 Å². The molecule has 2 aromatic rings. The van der Waals surface area contributed by atoms with Crippen LogP contribution in [0.5, 0.6) is 0 Å². The maximum Gasteiger partial charge on any atom is 0.0656 e. The summed E-state index contributed by atoms with van der Waals surface area (Å²) in [5.74, 6) is 0. The highest BCUT2D eigenvalue weighted by atomic mass is 127. The third kappa shape index (κ3) is 2.96. The lowest BCUT2D eigenvalue weighted by atomic mass is 10.1. The molecule has 0 amide bonds. The van der Waals surface area contributed by atoms with Crippen LogP contribution in [0.1, 0.15) is 16.0 Å². The predicted molar refractivity (Wildman–Crippen MR) is 79.3 cm³/mol. The second-order valence-corrected chi connectivity index (χ2v) is 7.26. The predicted octanol–water partition coefficient (Wildman–Crippen LogP) is 5.49. The highest BCUT2D eigenvalue weighted by molar-refractivity contribution is 14.1. The first-order chi connectivity index (χ1) is 7.16. The van der Waals surface area contributed by atoms with Crippen molar-refractivity contribution in [1.82, 2.24) is 0 Å². The third-order valence-corrected chi connectivity index (χ3v) is 5.16. The Hall–Kier alpha value is 0.420. The van der Waals surface area contributed by atoms with Crippen LogP contribution in [-0.2, 0) is 0 Å². The summed E-state index contributed by atoms with van der Waals surface area (Å²) in [5, 5.41) is 2.95. The summed E-state index contributed by atoms with van der Waals surface area (Å²) in [5.41, 5.74) is 2.53. The van der Waals surface area contributed by atoms with Crippen molar-refractivity contribution in [3.8, 4) is 0 Å². The van der Waals surface area contributed by atoms with E-state index in [1.54, 1.807) is 11.3 Å². The molecule has 0 aliphatic carbocycles. The fourth-order valence-corrected chi connectivity index (χ4v) is 3.55. The van der Waals surface area contributed by atoms with E-state index in [1.165, 1.54) is 14.0 Å². The second kappa shape index (κ2) is 5.17. The van der Waals surface area contributed by atoms with Gasteiger partial charge in [-0.25, -0.2) is 0 Å². The van der Waals surface area contributed by atoms with Crippen molar-refractivity contribution in [3.63, 3.8) is 0 Å². The lowest BCUT2D eigenvalue weighted by molar-refractivity contribution is 1.19. The van der Waals surface area contributed by atoms with Gasteiger partial charge in [0.25, 0.3) is 0 Å². The van der Waals surface area contributed by atoms with Gasteiger partial charge in [-0.3, -0.25) is 0 Å². The van der Waals surface area contributed by atoms with Crippen LogP contribution in [-0.4, -0.2) is 0 Å². The lowest BCUT2D eigenvalue weighted by Crippen LogP contribution is -1.89. The fourth-order valence-electron chi connectivity index (χ4n) is 1.28. The zero-order valence-corrected chi connectivity index (χ0v) is 12.9. The van der Waals surface area contributed by atoms with E-state index in [4.69, 9.17) is 11.6 Å². The smallest absolute Gasteiger partial charge is 0.0656 e. The van der Waals surface area contributed by atoms with Crippen LogP contribution in [0, 0.1) is 2.88 Å². The maximum absolute atomic E-state index is 5.85. The summed E-state index contributed by atoms with van der Waals surface area (Å²) in [6.45, 7) is 0. The Kier molecular flexibility index (Phi) is 4.10. The molecule has 78 valence electrons. The van der Waals surface area contributed by atoms with Crippen molar-refractivity contribution in [2.45, 2.75) is 4.83 Å². The largest absolute Gasteiger partial charge is 0.137 e. The van der Waals surface area contributed by atoms with Gasteiger partial charge < -0.3 is 0 Å². The summed E-state index contributed by atoms with van der Waals surface area (Å²) >= 11 is 13.6. The Bertz CT molecular complexity index is 452. The average molecular weight is 414 g/mol. The van der Waals surface area contributed by atoms with Crippen LogP contribution >= 0.6 is 61.5 Å². The van der Waals surface area contributed by atoms with Crippen LogP contribution < -0.4 is 0 Å². The SMILES string of the molecule is Clc1ccc(C(Br)c2csc(I)c2)cc1. The number of rotatable bonds is 2. The topological polar surface area (TPSA) is 0 Å². The third-order valence-electron chi connectivity index (χ3n) is 2.04. The monoisotopic (exact) mass is 412 g/mol. The minimum absolute atomic E-state index is 0.259. The molecule has 1 aromatic heterocycles. The quantitative estimate of drug-likeness (QED) is 0.451. The van der Waals surface area contributed by atoms with Gasteiger partial charge in [0.15, 0.2) is 0 Å². The average Bonchev–Trinajstić information content (AvgIpc) is 2.65. The number of hydrogen-bond acceptors (Lipinski definition) is 1. The van der Waals surface area contributed by atoms with Gasteiger partial charge in [-0.1, -0.05) is 39.7 Å². The molecule has 0 bridgehead atoms. The highest BCUT2D eigenvalue weighted by Crippen LogP contribution is 2.34. The van der Waals surface area contributed by atoms with E-state index in [1.807, 2.05) is 24.3 Å². The van der Waals surface area contributed by atoms with Gasteiger partial charge in [0.1, 0.15) is 0 Å². The van der Waals surface area contributed by atoms with E-state index >= 15 is 0 Å². The van der Waals surface area contributed by atoms with Crippen LogP contribution in [0.3, 0.4) is 0 Å². The molecule has 1 unspecified atom stereocenters. The molecule has 0 spiro atoms. The van der Waals surface area contributed by atoms with Gasteiger partial charge >= 0.3 is 0 Å². The van der Waals surface area contributed by atoms with E-state index in [2.05, 4.69) is 50.0 Å². The zero-order chi connectivity index (χ0) is 10.8. The molecule has 1 atom stereocenters. The molecule has 0 fully saturated rings. The van der Waals surface area contributed by atoms with Crippen molar-refractivity contribution in [2.24, 2.45) is 0 Å². The Morgan fingerprint density at radius 2 is 1.87 bits per heavy atom. The molecule has 2 rings (SSSR count). The summed E-state index contributed by atoms with van der Waals surface area (Å²) in [7, 11) is 0. The molecule has 15 heavy (non-hydrogen) atoms. The molecule has 0 aliphatic heterocycles. The van der Waals surface area contributed by atoms with Crippen LogP contribution in [0.25, 0.3) is 0 Å². The summed E-state index contributed by atoms with van der Waals surface area (Å²) in [6, 6.07) is 10.1. The first-order valence-electron chi connectivity index (χ1n) is 4.30. The van der Waals surface area contributed by atoms with E-state index in [0.29, 0.717) is 0 Å². The van der Waals surface area contributed by atoms with Gasteiger partial charge in [0.2, 0.25) is 0 Å². The second-order valence-electron chi connectivity index (χ2n) is 3.10. The molecule has 4 heteroatoms. The van der Waals surface area contributed by atoms with Gasteiger partial charge in [0.05, 0.1) is 7.71 Å². The van der Waals surface area contributed by atoms with Gasteiger partial charge in [-0.05, 0) is 57.3 Å². The molecule has 0 radical (unpaired) electrons. The molecule has 0 nitrogen and oxygen atoms in total. The Labute approximate surface area is 120 Å². The van der Waals surface area contributed by atoms with Crippen LogP contribution in [0.4, 0.5) is 0 Å². The molecule has 1 aromatic carbocycles. The maximum atomic E-state index is 5.85. The minimum Gasteiger partial charge on any atom is -0.137 e. The highest BCUT2D eigenvalue weighted by Gasteiger charge is 2.11. The molecule has 0 N–H and O–H groups in total. The molecule has 1 heterocycles. The molecular weight excluding hydrogens is 406 g/mol. The van der Waals surface area contributed by atoms with Gasteiger partial charge in [-0.2, -0.15) is 0 Å². The number of benzene rings is 1. The Morgan fingerprint density at radius 3 is 2.40 bits per heavy atom. The zero-order valence-electron chi connectivity index (χ0n) is 7.58. The van der Waals surface area contributed by atoms with Crippen molar-refractivity contribution in [3.05, 3.63) is 54.7 Å². The van der Waals surface area contributed by atoms with Crippen LogP contribution in [0.2, 0.25) is 5.02 Å². The molecule has 0 saturated carbocycles. The molecular formula is C11H7BrClIS. The Morgan fingerprint density at radius 1 is 1.20 bits per heavy atom. The number of halogens is 3.